The molecule has 25 heavy (non-hydrogen) atoms. The van der Waals surface area contributed by atoms with Crippen LogP contribution in [0, 0.1) is 40.4 Å². The first-order chi connectivity index (χ1) is 11.8. The molecule has 0 aromatic rings. The molecule has 0 aromatic heterocycles. The number of hydrogen-bond acceptors (Lipinski definition) is 2. The monoisotopic (exact) mass is 346 g/mol. The minimum Gasteiger partial charge on any atom is -0.366 e. The Morgan fingerprint density at radius 2 is 1.68 bits per heavy atom. The minimum atomic E-state index is 0. The van der Waals surface area contributed by atoms with Crippen molar-refractivity contribution in [1.82, 2.24) is 0 Å². The Hall–Kier alpha value is -0.370. The number of rotatable bonds is 1. The maximum atomic E-state index is 12.3. The number of Topliss-reactive ketones (excluding diaryl/α,β-unsaturated/α-hetero) is 1. The van der Waals surface area contributed by atoms with Crippen molar-refractivity contribution in [3.63, 3.8) is 0 Å². The number of ether oxygens (including phenoxy) is 1. The van der Waals surface area contributed by atoms with E-state index < -0.39 is 0 Å². The van der Waals surface area contributed by atoms with Crippen molar-refractivity contribution in [3.05, 3.63) is 0 Å². The fraction of sp³-hybridized carbons (Fsp3) is 0.957. The van der Waals surface area contributed by atoms with Gasteiger partial charge < -0.3 is 4.74 Å². The van der Waals surface area contributed by atoms with E-state index in [4.69, 9.17) is 4.74 Å². The van der Waals surface area contributed by atoms with Gasteiger partial charge in [-0.25, -0.2) is 0 Å². The van der Waals surface area contributed by atoms with Crippen molar-refractivity contribution in [1.29, 1.82) is 0 Å². The first-order valence-corrected chi connectivity index (χ1v) is 11.0. The van der Waals surface area contributed by atoms with Gasteiger partial charge in [0.2, 0.25) is 0 Å². The third-order valence-corrected chi connectivity index (χ3v) is 10.3. The van der Waals surface area contributed by atoms with Gasteiger partial charge >= 0.3 is 0 Å². The zero-order valence-corrected chi connectivity index (χ0v) is 16.6. The van der Waals surface area contributed by atoms with Crippen LogP contribution in [0.1, 0.15) is 86.9 Å². The molecular weight excluding hydrogens is 308 g/mol. The predicted octanol–water partition coefficient (Wildman–Crippen LogP) is 5.64. The average molecular weight is 347 g/mol. The van der Waals surface area contributed by atoms with Gasteiger partial charge in [0, 0.05) is 7.34 Å². The lowest BCUT2D eigenvalue weighted by Gasteiger charge is -2.61. The van der Waals surface area contributed by atoms with Gasteiger partial charge in [0.1, 0.15) is 5.78 Å². The van der Waals surface area contributed by atoms with E-state index in [0.717, 1.165) is 30.1 Å². The molecule has 142 valence electrons. The Labute approximate surface area is 154 Å². The summed E-state index contributed by atoms with van der Waals surface area (Å²) in [5.41, 5.74) is 1.11. The molecule has 5 aliphatic rings. The second kappa shape index (κ2) is 5.12. The zero-order chi connectivity index (χ0) is 17.6. The van der Waals surface area contributed by atoms with Gasteiger partial charge in [-0.3, -0.25) is 4.79 Å². The van der Waals surface area contributed by atoms with Crippen LogP contribution in [0.15, 0.2) is 0 Å². The fourth-order valence-corrected chi connectivity index (χ4v) is 8.72. The second-order valence-corrected chi connectivity index (χ2v) is 11.0. The summed E-state index contributed by atoms with van der Waals surface area (Å²) in [6.07, 6.45) is 12.5. The van der Waals surface area contributed by atoms with E-state index in [9.17, 15) is 4.79 Å². The standard InChI is InChI=1S/C23H36O2.H2/c1-14(24)18-7-8-19-17-6-5-16-13-23(15(2)25-23)12-11-21(16,3)20(17)9-10-22(18,19)4;/h15-20H,5-13H2,1-4H3;1H/t15?,16?,17-,18+,19-,20-,21-,22+,23+;/m0./s1. The highest BCUT2D eigenvalue weighted by Gasteiger charge is 2.65. The zero-order valence-electron chi connectivity index (χ0n) is 16.6. The maximum Gasteiger partial charge on any atom is 0.133 e. The molecule has 0 N–H and O–H groups in total. The third-order valence-electron chi connectivity index (χ3n) is 10.3. The summed E-state index contributed by atoms with van der Waals surface area (Å²) in [5, 5.41) is 0. The quantitative estimate of drug-likeness (QED) is 0.575. The van der Waals surface area contributed by atoms with Gasteiger partial charge in [0.15, 0.2) is 0 Å². The molecule has 2 unspecified atom stereocenters. The molecule has 0 bridgehead atoms. The summed E-state index contributed by atoms with van der Waals surface area (Å²) in [6.45, 7) is 9.23. The van der Waals surface area contributed by atoms with Gasteiger partial charge in [-0.2, -0.15) is 0 Å². The van der Waals surface area contributed by atoms with Gasteiger partial charge in [0.25, 0.3) is 0 Å². The molecule has 0 amide bonds. The molecule has 2 nitrogen and oxygen atoms in total. The summed E-state index contributed by atoms with van der Waals surface area (Å²) in [4.78, 5) is 12.3. The molecule has 0 radical (unpaired) electrons. The van der Waals surface area contributed by atoms with Gasteiger partial charge in [-0.05, 0) is 106 Å². The van der Waals surface area contributed by atoms with E-state index >= 15 is 0 Å². The molecule has 4 aliphatic carbocycles. The average Bonchev–Trinajstić information content (AvgIpc) is 3.01. The van der Waals surface area contributed by atoms with Crippen LogP contribution in [0.3, 0.4) is 0 Å². The topological polar surface area (TPSA) is 29.6 Å². The highest BCUT2D eigenvalue weighted by atomic mass is 16.6. The van der Waals surface area contributed by atoms with E-state index in [0.29, 0.717) is 28.6 Å². The summed E-state index contributed by atoms with van der Waals surface area (Å²) < 4.78 is 6.06. The molecule has 1 saturated heterocycles. The molecule has 1 aliphatic heterocycles. The van der Waals surface area contributed by atoms with Crippen molar-refractivity contribution in [2.75, 3.05) is 0 Å². The predicted molar refractivity (Wildman–Crippen MR) is 101 cm³/mol. The highest BCUT2D eigenvalue weighted by Crippen LogP contribution is 2.69. The van der Waals surface area contributed by atoms with Gasteiger partial charge in [-0.15, -0.1) is 0 Å². The van der Waals surface area contributed by atoms with E-state index in [1.165, 1.54) is 51.4 Å². The lowest BCUT2D eigenvalue weighted by molar-refractivity contribution is -0.136. The molecule has 1 spiro atoms. The van der Waals surface area contributed by atoms with Gasteiger partial charge in [-0.1, -0.05) is 13.8 Å². The Balaban J connectivity index is 0.00000168. The van der Waals surface area contributed by atoms with Crippen LogP contribution in [0.5, 0.6) is 0 Å². The van der Waals surface area contributed by atoms with Crippen LogP contribution in [-0.4, -0.2) is 17.5 Å². The lowest BCUT2D eigenvalue weighted by Crippen LogP contribution is -2.54. The lowest BCUT2D eigenvalue weighted by atomic mass is 9.44. The fourth-order valence-electron chi connectivity index (χ4n) is 8.72. The van der Waals surface area contributed by atoms with E-state index in [1.807, 2.05) is 6.92 Å². The van der Waals surface area contributed by atoms with Crippen LogP contribution in [0.4, 0.5) is 0 Å². The van der Waals surface area contributed by atoms with Crippen LogP contribution in [-0.2, 0) is 9.53 Å². The largest absolute Gasteiger partial charge is 0.366 e. The molecule has 1 heterocycles. The highest BCUT2D eigenvalue weighted by molar-refractivity contribution is 5.79. The minimum absolute atomic E-state index is 0. The normalized spacial score (nSPS) is 59.8. The molecular formula is C23H38O2. The molecule has 4 saturated carbocycles. The summed E-state index contributed by atoms with van der Waals surface area (Å²) in [6, 6.07) is 0. The SMILES string of the molecule is CC(=O)[C@H]1CC[C@H]2[C@@H]3CCC4C[C@@]5(CC[C@]4(C)[C@H]3CC[C@]12C)OC5C.[HH]. The van der Waals surface area contributed by atoms with Crippen LogP contribution in [0.2, 0.25) is 0 Å². The second-order valence-electron chi connectivity index (χ2n) is 11.0. The van der Waals surface area contributed by atoms with Crippen molar-refractivity contribution in [2.24, 2.45) is 40.4 Å². The van der Waals surface area contributed by atoms with Crippen LogP contribution >= 0.6 is 0 Å². The number of epoxide rings is 1. The molecule has 9 atom stereocenters. The molecule has 5 fully saturated rings. The molecule has 0 aromatic carbocycles. The first kappa shape index (κ1) is 16.8. The van der Waals surface area contributed by atoms with Crippen LogP contribution < -0.4 is 0 Å². The molecule has 2 heteroatoms. The Kier molecular flexibility index (Phi) is 3.43. The summed E-state index contributed by atoms with van der Waals surface area (Å²) in [7, 11) is 0. The first-order valence-electron chi connectivity index (χ1n) is 11.0. The number of carbonyl (C=O) groups excluding carboxylic acids is 1. The number of fused-ring (bicyclic) bond motifs is 5. The third kappa shape index (κ3) is 2.10. The van der Waals surface area contributed by atoms with Crippen molar-refractivity contribution < 1.29 is 11.0 Å². The number of carbonyl (C=O) groups is 1. The van der Waals surface area contributed by atoms with Crippen LogP contribution in [0.25, 0.3) is 0 Å². The van der Waals surface area contributed by atoms with Crippen molar-refractivity contribution in [2.45, 2.75) is 97.2 Å². The maximum absolute atomic E-state index is 12.3. The Bertz CT molecular complexity index is 605. The number of ketones is 1. The molecule has 5 rings (SSSR count). The number of hydrogen-bond donors (Lipinski definition) is 0. The smallest absolute Gasteiger partial charge is 0.133 e. The van der Waals surface area contributed by atoms with Gasteiger partial charge in [0.05, 0.1) is 11.7 Å². The van der Waals surface area contributed by atoms with E-state index in [1.54, 1.807) is 0 Å². The Morgan fingerprint density at radius 3 is 2.36 bits per heavy atom. The van der Waals surface area contributed by atoms with E-state index in [-0.39, 0.29) is 7.03 Å². The summed E-state index contributed by atoms with van der Waals surface area (Å²) >= 11 is 0. The van der Waals surface area contributed by atoms with E-state index in [2.05, 4.69) is 20.8 Å². The van der Waals surface area contributed by atoms with Crippen molar-refractivity contribution >= 4 is 5.78 Å². The summed E-state index contributed by atoms with van der Waals surface area (Å²) in [5.74, 6) is 4.28. The Morgan fingerprint density at radius 1 is 0.960 bits per heavy atom. The van der Waals surface area contributed by atoms with Crippen molar-refractivity contribution in [3.8, 4) is 0 Å².